The van der Waals surface area contributed by atoms with Crippen LogP contribution in [-0.4, -0.2) is 17.5 Å². The van der Waals surface area contributed by atoms with Crippen molar-refractivity contribution >= 4 is 11.0 Å². The predicted molar refractivity (Wildman–Crippen MR) is 73.0 cm³/mol. The molecule has 1 atom stereocenters. The summed E-state index contributed by atoms with van der Waals surface area (Å²) in [5.74, 6) is 2.86. The molecule has 90 valence electrons. The quantitative estimate of drug-likeness (QED) is 0.589. The number of fused-ring (bicyclic) bond motifs is 1. The van der Waals surface area contributed by atoms with Crippen LogP contribution < -0.4 is 0 Å². The molecule has 0 bridgehead atoms. The van der Waals surface area contributed by atoms with E-state index in [9.17, 15) is 0 Å². The Bertz CT molecular complexity index is 617. The van der Waals surface area contributed by atoms with E-state index in [0.717, 1.165) is 25.1 Å². The van der Waals surface area contributed by atoms with Gasteiger partial charge in [0.05, 0.1) is 12.3 Å². The predicted octanol–water partition coefficient (Wildman–Crippen LogP) is 3.20. The highest BCUT2D eigenvalue weighted by Crippen LogP contribution is 2.24. The van der Waals surface area contributed by atoms with E-state index in [-0.39, 0.29) is 6.04 Å². The van der Waals surface area contributed by atoms with Crippen LogP contribution in [0.2, 0.25) is 0 Å². The van der Waals surface area contributed by atoms with Crippen LogP contribution in [0.25, 0.3) is 11.0 Å². The third kappa shape index (κ3) is 1.94. The molecule has 2 heterocycles. The first-order valence-electron chi connectivity index (χ1n) is 6.19. The highest BCUT2D eigenvalue weighted by molar-refractivity contribution is 5.80. The van der Waals surface area contributed by atoms with Crippen LogP contribution in [0.15, 0.2) is 47.1 Å². The van der Waals surface area contributed by atoms with Crippen molar-refractivity contribution in [3.63, 3.8) is 0 Å². The molecule has 2 aromatic rings. The minimum absolute atomic E-state index is 0.198. The molecule has 0 amide bonds. The lowest BCUT2D eigenvalue weighted by Crippen LogP contribution is -2.35. The van der Waals surface area contributed by atoms with Gasteiger partial charge >= 0.3 is 0 Å². The maximum absolute atomic E-state index is 5.59. The van der Waals surface area contributed by atoms with Crippen molar-refractivity contribution in [3.05, 3.63) is 48.2 Å². The average molecular weight is 237 g/mol. The number of terminal acetylenes is 1. The average Bonchev–Trinajstić information content (AvgIpc) is 2.83. The summed E-state index contributed by atoms with van der Waals surface area (Å²) in [7, 11) is 0. The zero-order valence-electron chi connectivity index (χ0n) is 10.2. The molecule has 1 aromatic heterocycles. The molecule has 18 heavy (non-hydrogen) atoms. The lowest BCUT2D eigenvalue weighted by molar-refractivity contribution is 0.243. The largest absolute Gasteiger partial charge is 0.464 e. The molecule has 0 saturated heterocycles. The van der Waals surface area contributed by atoms with Gasteiger partial charge in [-0.2, -0.15) is 0 Å². The van der Waals surface area contributed by atoms with E-state index in [1.54, 1.807) is 0 Å². The summed E-state index contributed by atoms with van der Waals surface area (Å²) >= 11 is 0. The van der Waals surface area contributed by atoms with E-state index in [0.29, 0.717) is 0 Å². The highest BCUT2D eigenvalue weighted by Gasteiger charge is 2.18. The minimum Gasteiger partial charge on any atom is -0.464 e. The van der Waals surface area contributed by atoms with Crippen LogP contribution in [0, 0.1) is 12.3 Å². The normalized spacial score (nSPS) is 20.1. The van der Waals surface area contributed by atoms with Crippen molar-refractivity contribution in [1.29, 1.82) is 0 Å². The Kier molecular flexibility index (Phi) is 2.92. The third-order valence-electron chi connectivity index (χ3n) is 3.43. The summed E-state index contributed by atoms with van der Waals surface area (Å²) in [5, 5.41) is 1.18. The van der Waals surface area contributed by atoms with Crippen molar-refractivity contribution in [3.8, 4) is 12.3 Å². The van der Waals surface area contributed by atoms with E-state index in [1.165, 1.54) is 10.9 Å². The first-order valence-corrected chi connectivity index (χ1v) is 6.19. The number of hydrogen-bond acceptors (Lipinski definition) is 2. The topological polar surface area (TPSA) is 16.4 Å². The fraction of sp³-hybridized carbons (Fsp3) is 0.250. The van der Waals surface area contributed by atoms with Crippen LogP contribution in [0.4, 0.5) is 0 Å². The number of rotatable bonds is 2. The molecule has 0 N–H and O–H groups in total. The van der Waals surface area contributed by atoms with Gasteiger partial charge in [0.15, 0.2) is 0 Å². The maximum Gasteiger partial charge on any atom is 0.134 e. The zero-order chi connectivity index (χ0) is 12.4. The number of para-hydroxylation sites is 1. The molecule has 0 saturated carbocycles. The summed E-state index contributed by atoms with van der Waals surface area (Å²) in [5.41, 5.74) is 2.15. The van der Waals surface area contributed by atoms with Crippen molar-refractivity contribution < 1.29 is 4.42 Å². The first-order chi connectivity index (χ1) is 8.88. The standard InChI is InChI=1S/C16H15NO/c1-2-14-7-5-6-10-17(14)11-13-12-18-16-9-4-3-8-15(13)16/h1,3-6,8-9,12,14H,7,10-11H2. The summed E-state index contributed by atoms with van der Waals surface area (Å²) in [4.78, 5) is 2.30. The summed E-state index contributed by atoms with van der Waals surface area (Å²) in [6.07, 6.45) is 12.7. The second-order valence-electron chi connectivity index (χ2n) is 4.58. The Labute approximate surface area is 107 Å². The molecule has 0 radical (unpaired) electrons. The molecule has 0 spiro atoms. The van der Waals surface area contributed by atoms with Gasteiger partial charge in [0.1, 0.15) is 5.58 Å². The molecule has 0 fully saturated rings. The molecule has 0 aliphatic carbocycles. The Balaban J connectivity index is 1.88. The van der Waals surface area contributed by atoms with E-state index in [4.69, 9.17) is 10.8 Å². The van der Waals surface area contributed by atoms with Crippen molar-refractivity contribution in [2.75, 3.05) is 6.54 Å². The monoisotopic (exact) mass is 237 g/mol. The lowest BCUT2D eigenvalue weighted by atomic mass is 10.1. The van der Waals surface area contributed by atoms with Gasteiger partial charge in [-0.25, -0.2) is 0 Å². The Morgan fingerprint density at radius 3 is 3.11 bits per heavy atom. The maximum atomic E-state index is 5.59. The Morgan fingerprint density at radius 2 is 2.22 bits per heavy atom. The second kappa shape index (κ2) is 4.72. The fourth-order valence-corrected chi connectivity index (χ4v) is 2.43. The van der Waals surface area contributed by atoms with Crippen LogP contribution >= 0.6 is 0 Å². The van der Waals surface area contributed by atoms with Gasteiger partial charge < -0.3 is 4.42 Å². The van der Waals surface area contributed by atoms with Crippen LogP contribution in [-0.2, 0) is 6.54 Å². The SMILES string of the molecule is C#CC1CC=CCN1Cc1coc2ccccc12. The van der Waals surface area contributed by atoms with E-state index in [2.05, 4.69) is 29.0 Å². The van der Waals surface area contributed by atoms with E-state index >= 15 is 0 Å². The third-order valence-corrected chi connectivity index (χ3v) is 3.43. The first kappa shape index (κ1) is 11.1. The molecule has 1 aliphatic rings. The number of nitrogens with zero attached hydrogens (tertiary/aromatic N) is 1. The Morgan fingerprint density at radius 1 is 1.33 bits per heavy atom. The summed E-state index contributed by atoms with van der Waals surface area (Å²) in [6, 6.07) is 8.31. The molecule has 1 unspecified atom stereocenters. The molecule has 3 rings (SSSR count). The fourth-order valence-electron chi connectivity index (χ4n) is 2.43. The van der Waals surface area contributed by atoms with Crippen LogP contribution in [0.5, 0.6) is 0 Å². The van der Waals surface area contributed by atoms with Gasteiger partial charge in [0, 0.05) is 24.0 Å². The molecular weight excluding hydrogens is 222 g/mol. The number of furan rings is 1. The minimum atomic E-state index is 0.198. The highest BCUT2D eigenvalue weighted by atomic mass is 16.3. The molecule has 2 heteroatoms. The van der Waals surface area contributed by atoms with Gasteiger partial charge in [-0.3, -0.25) is 4.90 Å². The van der Waals surface area contributed by atoms with Crippen molar-refractivity contribution in [2.24, 2.45) is 0 Å². The number of benzene rings is 1. The summed E-state index contributed by atoms with van der Waals surface area (Å²) < 4.78 is 5.56. The van der Waals surface area contributed by atoms with Crippen LogP contribution in [0.1, 0.15) is 12.0 Å². The zero-order valence-corrected chi connectivity index (χ0v) is 10.2. The second-order valence-corrected chi connectivity index (χ2v) is 4.58. The molecule has 1 aliphatic heterocycles. The smallest absolute Gasteiger partial charge is 0.134 e. The van der Waals surface area contributed by atoms with E-state index in [1.807, 2.05) is 24.5 Å². The molecule has 2 nitrogen and oxygen atoms in total. The number of hydrogen-bond donors (Lipinski definition) is 0. The van der Waals surface area contributed by atoms with Crippen molar-refractivity contribution in [1.82, 2.24) is 4.90 Å². The lowest BCUT2D eigenvalue weighted by Gasteiger charge is -2.28. The van der Waals surface area contributed by atoms with Crippen molar-refractivity contribution in [2.45, 2.75) is 19.0 Å². The Hall–Kier alpha value is -1.98. The van der Waals surface area contributed by atoms with Gasteiger partial charge in [0.2, 0.25) is 0 Å². The molecule has 1 aromatic carbocycles. The van der Waals surface area contributed by atoms with E-state index < -0.39 is 0 Å². The van der Waals surface area contributed by atoms with Gasteiger partial charge in [-0.15, -0.1) is 6.42 Å². The van der Waals surface area contributed by atoms with Gasteiger partial charge in [-0.1, -0.05) is 36.3 Å². The molecular formula is C16H15NO. The van der Waals surface area contributed by atoms with Gasteiger partial charge in [-0.05, 0) is 12.5 Å². The van der Waals surface area contributed by atoms with Gasteiger partial charge in [0.25, 0.3) is 0 Å². The van der Waals surface area contributed by atoms with Crippen LogP contribution in [0.3, 0.4) is 0 Å². The summed E-state index contributed by atoms with van der Waals surface area (Å²) in [6.45, 7) is 1.75.